The zero-order valence-corrected chi connectivity index (χ0v) is 17.5. The maximum atomic E-state index is 12.3. The van der Waals surface area contributed by atoms with Crippen LogP contribution in [0.15, 0.2) is 54.2 Å². The Balaban J connectivity index is 1.31. The fourth-order valence-corrected chi connectivity index (χ4v) is 3.75. The van der Waals surface area contributed by atoms with E-state index in [4.69, 9.17) is 0 Å². The molecule has 0 fully saturated rings. The molecule has 9 heteroatoms. The maximum absolute atomic E-state index is 12.3. The number of rotatable bonds is 6. The highest BCUT2D eigenvalue weighted by Crippen LogP contribution is 2.24. The van der Waals surface area contributed by atoms with Crippen molar-refractivity contribution >= 4 is 23.1 Å². The van der Waals surface area contributed by atoms with E-state index in [1.807, 2.05) is 30.5 Å². The number of thiazole rings is 1. The van der Waals surface area contributed by atoms with E-state index in [2.05, 4.69) is 62.3 Å². The first-order valence-corrected chi connectivity index (χ1v) is 10.4. The fourth-order valence-electron chi connectivity index (χ4n) is 2.89. The molecule has 2 aromatic heterocycles. The minimum absolute atomic E-state index is 0.263. The third kappa shape index (κ3) is 4.69. The SMILES string of the molecule is Cc1ccc(-c2nc(CCNC(=O)Nc3cc(-n4cnnn4)ccc3C)cs2)cc1. The quantitative estimate of drug-likeness (QED) is 0.496. The van der Waals surface area contributed by atoms with Gasteiger partial charge in [0.1, 0.15) is 11.3 Å². The van der Waals surface area contributed by atoms with Gasteiger partial charge in [-0.3, -0.25) is 0 Å². The lowest BCUT2D eigenvalue weighted by molar-refractivity contribution is 0.252. The van der Waals surface area contributed by atoms with Gasteiger partial charge < -0.3 is 10.6 Å². The predicted molar refractivity (Wildman–Crippen MR) is 117 cm³/mol. The van der Waals surface area contributed by atoms with E-state index in [0.29, 0.717) is 18.7 Å². The van der Waals surface area contributed by atoms with Crippen molar-refractivity contribution in [2.45, 2.75) is 20.3 Å². The van der Waals surface area contributed by atoms with Crippen LogP contribution in [0, 0.1) is 13.8 Å². The van der Waals surface area contributed by atoms with Crippen LogP contribution in [-0.2, 0) is 6.42 Å². The third-order valence-corrected chi connectivity index (χ3v) is 5.54. The molecule has 152 valence electrons. The lowest BCUT2D eigenvalue weighted by Gasteiger charge is -2.11. The Morgan fingerprint density at radius 1 is 1.13 bits per heavy atom. The minimum Gasteiger partial charge on any atom is -0.337 e. The van der Waals surface area contributed by atoms with Gasteiger partial charge in [-0.25, -0.2) is 14.5 Å². The zero-order valence-electron chi connectivity index (χ0n) is 16.7. The molecule has 4 aromatic rings. The van der Waals surface area contributed by atoms with Crippen molar-refractivity contribution < 1.29 is 4.79 Å². The molecule has 0 bridgehead atoms. The van der Waals surface area contributed by atoms with Gasteiger partial charge in [-0.1, -0.05) is 35.9 Å². The van der Waals surface area contributed by atoms with Crippen LogP contribution in [-0.4, -0.2) is 37.8 Å². The van der Waals surface area contributed by atoms with Crippen LogP contribution < -0.4 is 10.6 Å². The number of aryl methyl sites for hydroxylation is 2. The maximum Gasteiger partial charge on any atom is 0.319 e. The van der Waals surface area contributed by atoms with E-state index >= 15 is 0 Å². The summed E-state index contributed by atoms with van der Waals surface area (Å²) >= 11 is 1.61. The van der Waals surface area contributed by atoms with Gasteiger partial charge in [0, 0.05) is 29.6 Å². The van der Waals surface area contributed by atoms with E-state index in [9.17, 15) is 4.79 Å². The van der Waals surface area contributed by atoms with Gasteiger partial charge in [0.05, 0.1) is 11.4 Å². The summed E-state index contributed by atoms with van der Waals surface area (Å²) in [7, 11) is 0. The summed E-state index contributed by atoms with van der Waals surface area (Å²) in [4.78, 5) is 17.0. The fraction of sp³-hybridized carbons (Fsp3) is 0.190. The van der Waals surface area contributed by atoms with Crippen LogP contribution in [0.3, 0.4) is 0 Å². The van der Waals surface area contributed by atoms with Crippen LogP contribution in [0.1, 0.15) is 16.8 Å². The highest BCUT2D eigenvalue weighted by atomic mass is 32.1. The monoisotopic (exact) mass is 419 g/mol. The first-order valence-electron chi connectivity index (χ1n) is 9.49. The molecule has 0 saturated heterocycles. The number of nitrogens with one attached hydrogen (secondary N) is 2. The normalized spacial score (nSPS) is 10.7. The molecule has 0 spiro atoms. The number of aromatic nitrogens is 5. The number of amides is 2. The summed E-state index contributed by atoms with van der Waals surface area (Å²) in [5.74, 6) is 0. The van der Waals surface area contributed by atoms with Gasteiger partial charge in [-0.15, -0.1) is 16.4 Å². The highest BCUT2D eigenvalue weighted by molar-refractivity contribution is 7.13. The molecule has 0 saturated carbocycles. The summed E-state index contributed by atoms with van der Waals surface area (Å²) in [6.07, 6.45) is 2.17. The van der Waals surface area contributed by atoms with Gasteiger partial charge in [-0.05, 0) is 42.0 Å². The number of hydrogen-bond donors (Lipinski definition) is 2. The average molecular weight is 420 g/mol. The third-order valence-electron chi connectivity index (χ3n) is 4.60. The van der Waals surface area contributed by atoms with Crippen LogP contribution >= 0.6 is 11.3 Å². The van der Waals surface area contributed by atoms with Gasteiger partial charge in [-0.2, -0.15) is 0 Å². The van der Waals surface area contributed by atoms with Crippen LogP contribution in [0.25, 0.3) is 16.3 Å². The molecule has 2 heterocycles. The number of anilines is 1. The van der Waals surface area contributed by atoms with Crippen LogP contribution in [0.2, 0.25) is 0 Å². The van der Waals surface area contributed by atoms with Crippen molar-refractivity contribution in [3.8, 4) is 16.3 Å². The van der Waals surface area contributed by atoms with Gasteiger partial charge in [0.15, 0.2) is 0 Å². The summed E-state index contributed by atoms with van der Waals surface area (Å²) in [6, 6.07) is 13.7. The second kappa shape index (κ2) is 8.83. The number of benzene rings is 2. The number of urea groups is 1. The molecule has 0 unspecified atom stereocenters. The average Bonchev–Trinajstić information content (AvgIpc) is 3.43. The number of hydrogen-bond acceptors (Lipinski definition) is 6. The van der Waals surface area contributed by atoms with Crippen molar-refractivity contribution in [3.63, 3.8) is 0 Å². The first-order chi connectivity index (χ1) is 14.6. The number of carbonyl (C=O) groups excluding carboxylic acids is 1. The second-order valence-corrected chi connectivity index (χ2v) is 7.75. The lowest BCUT2D eigenvalue weighted by atomic mass is 10.2. The molecule has 2 aromatic carbocycles. The predicted octanol–water partition coefficient (Wildman–Crippen LogP) is 3.77. The molecule has 8 nitrogen and oxygen atoms in total. The Morgan fingerprint density at radius 3 is 2.73 bits per heavy atom. The van der Waals surface area contributed by atoms with Gasteiger partial charge >= 0.3 is 6.03 Å². The second-order valence-electron chi connectivity index (χ2n) is 6.89. The van der Waals surface area contributed by atoms with Gasteiger partial charge in [0.25, 0.3) is 0 Å². The lowest BCUT2D eigenvalue weighted by Crippen LogP contribution is -2.30. The summed E-state index contributed by atoms with van der Waals surface area (Å²) < 4.78 is 1.54. The largest absolute Gasteiger partial charge is 0.337 e. The number of tetrazole rings is 1. The van der Waals surface area contributed by atoms with Crippen LogP contribution in [0.5, 0.6) is 0 Å². The molecule has 30 heavy (non-hydrogen) atoms. The highest BCUT2D eigenvalue weighted by Gasteiger charge is 2.08. The molecular weight excluding hydrogens is 398 g/mol. The summed E-state index contributed by atoms with van der Waals surface area (Å²) in [6.45, 7) is 4.49. The Hall–Kier alpha value is -3.59. The molecule has 2 amide bonds. The molecular formula is C21H21N7OS. The molecule has 0 atom stereocenters. The summed E-state index contributed by atoms with van der Waals surface area (Å²) in [5.41, 5.74) is 5.73. The standard InChI is InChI=1S/C21H21N7OS/c1-14-3-6-16(7-4-14)20-24-17(12-30-20)9-10-22-21(29)25-19-11-18(8-5-15(19)2)28-13-23-26-27-28/h3-8,11-13H,9-10H2,1-2H3,(H2,22,25,29). The number of nitrogens with zero attached hydrogens (tertiary/aromatic N) is 5. The van der Waals surface area contributed by atoms with E-state index in [1.165, 1.54) is 16.6 Å². The van der Waals surface area contributed by atoms with E-state index in [0.717, 1.165) is 27.5 Å². The molecule has 0 aliphatic rings. The molecule has 2 N–H and O–H groups in total. The zero-order chi connectivity index (χ0) is 20.9. The molecule has 0 aliphatic heterocycles. The van der Waals surface area contributed by atoms with Crippen molar-refractivity contribution in [3.05, 3.63) is 71.0 Å². The van der Waals surface area contributed by atoms with Crippen molar-refractivity contribution in [1.82, 2.24) is 30.5 Å². The first kappa shape index (κ1) is 19.7. The molecule has 4 rings (SSSR count). The Morgan fingerprint density at radius 2 is 1.97 bits per heavy atom. The van der Waals surface area contributed by atoms with E-state index in [-0.39, 0.29) is 6.03 Å². The number of carbonyl (C=O) groups is 1. The smallest absolute Gasteiger partial charge is 0.319 e. The topological polar surface area (TPSA) is 97.6 Å². The Bertz CT molecular complexity index is 1140. The summed E-state index contributed by atoms with van der Waals surface area (Å²) in [5, 5.41) is 19.9. The van der Waals surface area contributed by atoms with Crippen LogP contribution in [0.4, 0.5) is 10.5 Å². The van der Waals surface area contributed by atoms with Crippen molar-refractivity contribution in [2.75, 3.05) is 11.9 Å². The van der Waals surface area contributed by atoms with E-state index < -0.39 is 0 Å². The minimum atomic E-state index is -0.263. The van der Waals surface area contributed by atoms with Crippen molar-refractivity contribution in [2.24, 2.45) is 0 Å². The Labute approximate surface area is 178 Å². The Kier molecular flexibility index (Phi) is 5.80. The molecule has 0 aliphatic carbocycles. The van der Waals surface area contributed by atoms with Gasteiger partial charge in [0.2, 0.25) is 0 Å². The van der Waals surface area contributed by atoms with Crippen molar-refractivity contribution in [1.29, 1.82) is 0 Å². The molecule has 0 radical (unpaired) electrons. The van der Waals surface area contributed by atoms with E-state index in [1.54, 1.807) is 11.3 Å².